The van der Waals surface area contributed by atoms with Gasteiger partial charge in [-0.15, -0.1) is 0 Å². The van der Waals surface area contributed by atoms with Gasteiger partial charge in [-0.3, -0.25) is 14.9 Å². The van der Waals surface area contributed by atoms with Crippen LogP contribution >= 0.6 is 0 Å². The Bertz CT molecular complexity index is 649. The second-order valence-corrected chi connectivity index (χ2v) is 3.93. The molecule has 7 nitrogen and oxygen atoms in total. The summed E-state index contributed by atoms with van der Waals surface area (Å²) < 4.78 is 1.58. The highest BCUT2D eigenvalue weighted by Crippen LogP contribution is 2.08. The van der Waals surface area contributed by atoms with Gasteiger partial charge in [0.25, 0.3) is 5.43 Å². The van der Waals surface area contributed by atoms with Crippen molar-refractivity contribution in [1.82, 2.24) is 9.55 Å². The minimum absolute atomic E-state index is 0.415. The van der Waals surface area contributed by atoms with E-state index in [9.17, 15) is 14.9 Å². The van der Waals surface area contributed by atoms with Gasteiger partial charge in [0.2, 0.25) is 0 Å². The largest absolute Gasteiger partial charge is 0.373 e. The first-order valence-electron chi connectivity index (χ1n) is 5.57. The van der Waals surface area contributed by atoms with Crippen molar-refractivity contribution < 1.29 is 4.92 Å². The van der Waals surface area contributed by atoms with Gasteiger partial charge in [-0.1, -0.05) is 6.07 Å². The molecular weight excluding hydrogens is 248 g/mol. The molecule has 0 aliphatic rings. The molecule has 2 heterocycles. The fourth-order valence-electron chi connectivity index (χ4n) is 1.62. The van der Waals surface area contributed by atoms with E-state index in [2.05, 4.69) is 10.3 Å². The zero-order chi connectivity index (χ0) is 13.8. The molecule has 0 aliphatic heterocycles. The monoisotopic (exact) mass is 260 g/mol. The number of nitrogens with one attached hydrogen (secondary N) is 1. The van der Waals surface area contributed by atoms with Crippen molar-refractivity contribution in [3.8, 4) is 0 Å². The van der Waals surface area contributed by atoms with Crippen LogP contribution in [-0.4, -0.2) is 21.5 Å². The van der Waals surface area contributed by atoms with Gasteiger partial charge < -0.3 is 9.88 Å². The third kappa shape index (κ3) is 2.95. The van der Waals surface area contributed by atoms with Crippen molar-refractivity contribution >= 4 is 11.5 Å². The van der Waals surface area contributed by atoms with E-state index < -0.39 is 16.0 Å². The minimum Gasteiger partial charge on any atom is -0.373 e. The minimum atomic E-state index is -0.679. The van der Waals surface area contributed by atoms with E-state index in [4.69, 9.17) is 0 Å². The Morgan fingerprint density at radius 3 is 2.79 bits per heavy atom. The van der Waals surface area contributed by atoms with Crippen LogP contribution in [0.3, 0.4) is 0 Å². The van der Waals surface area contributed by atoms with Crippen LogP contribution in [0, 0.1) is 10.1 Å². The number of nitrogens with zero attached hydrogens (tertiary/aromatic N) is 3. The second-order valence-electron chi connectivity index (χ2n) is 3.93. The second kappa shape index (κ2) is 5.30. The summed E-state index contributed by atoms with van der Waals surface area (Å²) in [5.41, 5.74) is -0.135. The summed E-state index contributed by atoms with van der Waals surface area (Å²) in [5.74, 6) is 0.745. The zero-order valence-electron chi connectivity index (χ0n) is 10.2. The average molecular weight is 260 g/mol. The predicted octanol–water partition coefficient (Wildman–Crippen LogP) is 1.24. The molecule has 0 radical (unpaired) electrons. The van der Waals surface area contributed by atoms with Crippen LogP contribution in [0.1, 0.15) is 5.56 Å². The maximum atomic E-state index is 11.3. The molecule has 19 heavy (non-hydrogen) atoms. The van der Waals surface area contributed by atoms with E-state index >= 15 is 0 Å². The van der Waals surface area contributed by atoms with E-state index in [1.54, 1.807) is 17.8 Å². The number of aromatic nitrogens is 2. The van der Waals surface area contributed by atoms with Gasteiger partial charge in [-0.2, -0.15) is 0 Å². The lowest BCUT2D eigenvalue weighted by molar-refractivity contribution is -0.386. The molecule has 1 N–H and O–H groups in total. The van der Waals surface area contributed by atoms with Crippen LogP contribution in [0.2, 0.25) is 0 Å². The topological polar surface area (TPSA) is 90.1 Å². The molecule has 0 bridgehead atoms. The molecule has 0 saturated heterocycles. The van der Waals surface area contributed by atoms with E-state index in [-0.39, 0.29) is 0 Å². The number of pyridine rings is 2. The molecule has 0 saturated carbocycles. The first-order valence-corrected chi connectivity index (χ1v) is 5.57. The maximum absolute atomic E-state index is 11.3. The smallest absolute Gasteiger partial charge is 0.332 e. The Labute approximate surface area is 108 Å². The lowest BCUT2D eigenvalue weighted by Gasteiger charge is -2.06. The summed E-state index contributed by atoms with van der Waals surface area (Å²) in [7, 11) is 1.77. The summed E-state index contributed by atoms with van der Waals surface area (Å²) in [6.45, 7) is 0.415. The predicted molar refractivity (Wildman–Crippen MR) is 70.2 cm³/mol. The van der Waals surface area contributed by atoms with Gasteiger partial charge in [-0.05, 0) is 11.6 Å². The quantitative estimate of drug-likeness (QED) is 0.659. The van der Waals surface area contributed by atoms with Gasteiger partial charge in [-0.25, -0.2) is 4.98 Å². The molecule has 0 aliphatic carbocycles. The molecule has 0 fully saturated rings. The van der Waals surface area contributed by atoms with Crippen molar-refractivity contribution in [2.24, 2.45) is 0 Å². The first kappa shape index (κ1) is 12.7. The standard InChI is InChI=1S/C12H12N4O3/c1-13-12-3-2-9(6-14-12)7-15-5-4-11(17)10(8-15)16(18)19/h2-6,8H,7H2,1H3,(H,13,14). The molecule has 2 aromatic heterocycles. The zero-order valence-corrected chi connectivity index (χ0v) is 10.2. The SMILES string of the molecule is CNc1ccc(Cn2ccc(=O)c([N+](=O)[O-])c2)cn1. The molecule has 0 atom stereocenters. The van der Waals surface area contributed by atoms with Crippen LogP contribution in [0.15, 0.2) is 41.6 Å². The number of hydrogen-bond acceptors (Lipinski definition) is 5. The van der Waals surface area contributed by atoms with Gasteiger partial charge in [0.05, 0.1) is 11.1 Å². The lowest BCUT2D eigenvalue weighted by Crippen LogP contribution is -2.11. The Kier molecular flexibility index (Phi) is 3.56. The highest BCUT2D eigenvalue weighted by atomic mass is 16.6. The van der Waals surface area contributed by atoms with Gasteiger partial charge in [0.1, 0.15) is 5.82 Å². The molecule has 2 aromatic rings. The fraction of sp³-hybridized carbons (Fsp3) is 0.167. The van der Waals surface area contributed by atoms with Crippen molar-refractivity contribution in [1.29, 1.82) is 0 Å². The Morgan fingerprint density at radius 2 is 2.21 bits per heavy atom. The third-order valence-corrected chi connectivity index (χ3v) is 2.60. The molecule has 0 spiro atoms. The Morgan fingerprint density at radius 1 is 1.42 bits per heavy atom. The summed E-state index contributed by atoms with van der Waals surface area (Å²) in [6.07, 6.45) is 4.42. The lowest BCUT2D eigenvalue weighted by atomic mass is 10.2. The number of hydrogen-bond donors (Lipinski definition) is 1. The number of nitro groups is 1. The van der Waals surface area contributed by atoms with Crippen LogP contribution in [0.4, 0.5) is 11.5 Å². The normalized spacial score (nSPS) is 10.2. The van der Waals surface area contributed by atoms with E-state index in [1.807, 2.05) is 12.1 Å². The van der Waals surface area contributed by atoms with Crippen molar-refractivity contribution in [2.45, 2.75) is 6.54 Å². The highest BCUT2D eigenvalue weighted by molar-refractivity contribution is 5.34. The molecule has 98 valence electrons. The number of rotatable bonds is 4. The van der Waals surface area contributed by atoms with Gasteiger partial charge in [0, 0.05) is 32.1 Å². The maximum Gasteiger partial charge on any atom is 0.332 e. The van der Waals surface area contributed by atoms with Crippen LogP contribution < -0.4 is 10.7 Å². The van der Waals surface area contributed by atoms with Crippen molar-refractivity contribution in [3.63, 3.8) is 0 Å². The van der Waals surface area contributed by atoms with Crippen molar-refractivity contribution in [3.05, 3.63) is 62.7 Å². The average Bonchev–Trinajstić information content (AvgIpc) is 2.41. The summed E-state index contributed by atoms with van der Waals surface area (Å²) in [5, 5.41) is 13.6. The number of anilines is 1. The Balaban J connectivity index is 2.25. The summed E-state index contributed by atoms with van der Waals surface area (Å²) in [4.78, 5) is 25.4. The van der Waals surface area contributed by atoms with Crippen LogP contribution in [-0.2, 0) is 6.54 Å². The van der Waals surface area contributed by atoms with Gasteiger partial charge >= 0.3 is 5.69 Å². The van der Waals surface area contributed by atoms with E-state index in [0.717, 1.165) is 11.4 Å². The van der Waals surface area contributed by atoms with Crippen LogP contribution in [0.5, 0.6) is 0 Å². The van der Waals surface area contributed by atoms with Crippen LogP contribution in [0.25, 0.3) is 0 Å². The Hall–Kier alpha value is -2.70. The molecular formula is C12H12N4O3. The van der Waals surface area contributed by atoms with Crippen molar-refractivity contribution in [2.75, 3.05) is 12.4 Å². The molecule has 0 amide bonds. The summed E-state index contributed by atoms with van der Waals surface area (Å²) >= 11 is 0. The van der Waals surface area contributed by atoms with E-state index in [1.165, 1.54) is 18.5 Å². The fourth-order valence-corrected chi connectivity index (χ4v) is 1.62. The highest BCUT2D eigenvalue weighted by Gasteiger charge is 2.11. The van der Waals surface area contributed by atoms with Gasteiger partial charge in [0.15, 0.2) is 0 Å². The molecule has 0 aromatic carbocycles. The van der Waals surface area contributed by atoms with E-state index in [0.29, 0.717) is 6.54 Å². The summed E-state index contributed by atoms with van der Waals surface area (Å²) in [6, 6.07) is 4.86. The molecule has 2 rings (SSSR count). The molecule has 7 heteroatoms. The third-order valence-electron chi connectivity index (χ3n) is 2.60. The molecule has 0 unspecified atom stereocenters. The first-order chi connectivity index (χ1) is 9.10.